The largest absolute Gasteiger partial charge is 0.464 e. The van der Waals surface area contributed by atoms with E-state index in [0.717, 1.165) is 33.6 Å². The van der Waals surface area contributed by atoms with Crippen LogP contribution in [-0.2, 0) is 0 Å². The molecule has 0 saturated heterocycles. The van der Waals surface area contributed by atoms with Crippen molar-refractivity contribution < 1.29 is 8.83 Å². The summed E-state index contributed by atoms with van der Waals surface area (Å²) in [6.07, 6.45) is 1.68. The molecule has 2 aromatic carbocycles. The minimum absolute atomic E-state index is 0.644. The quantitative estimate of drug-likeness (QED) is 0.513. The van der Waals surface area contributed by atoms with Gasteiger partial charge in [0, 0.05) is 11.1 Å². The van der Waals surface area contributed by atoms with Crippen molar-refractivity contribution in [3.05, 3.63) is 66.4 Å². The van der Waals surface area contributed by atoms with Crippen LogP contribution in [-0.4, -0.2) is 4.98 Å². The van der Waals surface area contributed by atoms with Crippen LogP contribution in [0.25, 0.3) is 33.9 Å². The van der Waals surface area contributed by atoms with Crippen LogP contribution in [0.15, 0.2) is 69.7 Å². The second kappa shape index (κ2) is 4.63. The number of oxazole rings is 1. The van der Waals surface area contributed by atoms with Gasteiger partial charge in [-0.2, -0.15) is 0 Å². The van der Waals surface area contributed by atoms with Gasteiger partial charge in [-0.05, 0) is 48.9 Å². The molecule has 2 heterocycles. The fraction of sp³-hybridized carbons (Fsp3) is 0.0556. The highest BCUT2D eigenvalue weighted by Crippen LogP contribution is 2.30. The maximum atomic E-state index is 5.81. The molecule has 0 amide bonds. The zero-order chi connectivity index (χ0) is 14.2. The van der Waals surface area contributed by atoms with Crippen molar-refractivity contribution in [1.82, 2.24) is 4.98 Å². The minimum Gasteiger partial charge on any atom is -0.464 e. The molecule has 0 unspecified atom stereocenters. The van der Waals surface area contributed by atoms with Gasteiger partial charge in [0.15, 0.2) is 5.58 Å². The predicted octanol–water partition coefficient (Wildman–Crippen LogP) is 5.06. The highest BCUT2D eigenvalue weighted by molar-refractivity contribution is 5.77. The SMILES string of the molecule is Cc1cc(-c2nc3ccccc3o2)ccc1-c1ccco1. The van der Waals surface area contributed by atoms with Crippen molar-refractivity contribution in [1.29, 1.82) is 0 Å². The lowest BCUT2D eigenvalue weighted by Crippen LogP contribution is -1.84. The first kappa shape index (κ1) is 12.0. The molecule has 2 aromatic heterocycles. The number of hydrogen-bond donors (Lipinski definition) is 0. The molecular weight excluding hydrogens is 262 g/mol. The number of benzene rings is 2. The van der Waals surface area contributed by atoms with Crippen LogP contribution in [0.2, 0.25) is 0 Å². The van der Waals surface area contributed by atoms with Gasteiger partial charge in [-0.3, -0.25) is 0 Å². The van der Waals surface area contributed by atoms with E-state index in [9.17, 15) is 0 Å². The van der Waals surface area contributed by atoms with Crippen LogP contribution < -0.4 is 0 Å². The third-order valence-electron chi connectivity index (χ3n) is 3.55. The molecule has 0 radical (unpaired) electrons. The molecule has 4 aromatic rings. The number of fused-ring (bicyclic) bond motifs is 1. The standard InChI is InChI=1S/C18H13NO2/c1-12-11-13(8-9-14(12)16-7-4-10-20-16)18-19-15-5-2-3-6-17(15)21-18/h2-11H,1H3. The van der Waals surface area contributed by atoms with Crippen LogP contribution in [0.5, 0.6) is 0 Å². The Morgan fingerprint density at radius 3 is 2.62 bits per heavy atom. The van der Waals surface area contributed by atoms with E-state index in [1.807, 2.05) is 48.5 Å². The van der Waals surface area contributed by atoms with E-state index < -0.39 is 0 Å². The Balaban J connectivity index is 1.80. The summed E-state index contributed by atoms with van der Waals surface area (Å²) < 4.78 is 11.3. The molecule has 102 valence electrons. The molecule has 0 spiro atoms. The Morgan fingerprint density at radius 1 is 0.952 bits per heavy atom. The Kier molecular flexibility index (Phi) is 2.64. The maximum Gasteiger partial charge on any atom is 0.227 e. The van der Waals surface area contributed by atoms with Gasteiger partial charge in [0.1, 0.15) is 11.3 Å². The lowest BCUT2D eigenvalue weighted by Gasteiger charge is -2.04. The van der Waals surface area contributed by atoms with Gasteiger partial charge in [0.25, 0.3) is 0 Å². The second-order valence-electron chi connectivity index (χ2n) is 4.99. The summed E-state index contributed by atoms with van der Waals surface area (Å²) in [7, 11) is 0. The smallest absolute Gasteiger partial charge is 0.227 e. The van der Waals surface area contributed by atoms with Gasteiger partial charge in [-0.25, -0.2) is 4.98 Å². The average molecular weight is 275 g/mol. The summed E-state index contributed by atoms with van der Waals surface area (Å²) in [5.41, 5.74) is 4.86. The average Bonchev–Trinajstić information content (AvgIpc) is 3.16. The molecule has 4 rings (SSSR count). The monoisotopic (exact) mass is 275 g/mol. The topological polar surface area (TPSA) is 39.2 Å². The molecule has 21 heavy (non-hydrogen) atoms. The normalized spacial score (nSPS) is 11.1. The first-order valence-electron chi connectivity index (χ1n) is 6.82. The fourth-order valence-corrected chi connectivity index (χ4v) is 2.50. The summed E-state index contributed by atoms with van der Waals surface area (Å²) >= 11 is 0. The van der Waals surface area contributed by atoms with Gasteiger partial charge in [-0.15, -0.1) is 0 Å². The molecule has 0 N–H and O–H groups in total. The first-order chi connectivity index (χ1) is 10.3. The molecule has 0 aliphatic rings. The zero-order valence-corrected chi connectivity index (χ0v) is 11.5. The highest BCUT2D eigenvalue weighted by Gasteiger charge is 2.11. The van der Waals surface area contributed by atoms with Gasteiger partial charge in [0.2, 0.25) is 5.89 Å². The Morgan fingerprint density at radius 2 is 1.86 bits per heavy atom. The van der Waals surface area contributed by atoms with Gasteiger partial charge < -0.3 is 8.83 Å². The zero-order valence-electron chi connectivity index (χ0n) is 11.5. The van der Waals surface area contributed by atoms with E-state index in [-0.39, 0.29) is 0 Å². The van der Waals surface area contributed by atoms with Crippen molar-refractivity contribution in [3.8, 4) is 22.8 Å². The number of hydrogen-bond acceptors (Lipinski definition) is 3. The van der Waals surface area contributed by atoms with Crippen LogP contribution in [0.3, 0.4) is 0 Å². The van der Waals surface area contributed by atoms with Gasteiger partial charge in [-0.1, -0.05) is 18.2 Å². The molecule has 0 atom stereocenters. The van der Waals surface area contributed by atoms with Crippen LogP contribution in [0.1, 0.15) is 5.56 Å². The van der Waals surface area contributed by atoms with E-state index >= 15 is 0 Å². The van der Waals surface area contributed by atoms with Crippen molar-refractivity contribution in [2.45, 2.75) is 6.92 Å². The van der Waals surface area contributed by atoms with Crippen LogP contribution >= 0.6 is 0 Å². The molecule has 0 fully saturated rings. The maximum absolute atomic E-state index is 5.81. The molecule has 0 saturated carbocycles. The second-order valence-corrected chi connectivity index (χ2v) is 4.99. The molecule has 0 aliphatic carbocycles. The van der Waals surface area contributed by atoms with Crippen molar-refractivity contribution in [3.63, 3.8) is 0 Å². The van der Waals surface area contributed by atoms with Gasteiger partial charge in [0.05, 0.1) is 6.26 Å². The summed E-state index contributed by atoms with van der Waals surface area (Å²) in [5, 5.41) is 0. The lowest BCUT2D eigenvalue weighted by atomic mass is 10.0. The van der Waals surface area contributed by atoms with Gasteiger partial charge >= 0.3 is 0 Å². The number of aryl methyl sites for hydroxylation is 1. The van der Waals surface area contributed by atoms with Crippen molar-refractivity contribution in [2.75, 3.05) is 0 Å². The first-order valence-corrected chi connectivity index (χ1v) is 6.82. The molecule has 3 nitrogen and oxygen atoms in total. The van der Waals surface area contributed by atoms with Crippen molar-refractivity contribution >= 4 is 11.1 Å². The minimum atomic E-state index is 0.644. The highest BCUT2D eigenvalue weighted by atomic mass is 16.3. The Hall–Kier alpha value is -2.81. The summed E-state index contributed by atoms with van der Waals surface area (Å²) in [6.45, 7) is 2.06. The number of para-hydroxylation sites is 2. The molecule has 0 bridgehead atoms. The number of aromatic nitrogens is 1. The van der Waals surface area contributed by atoms with Crippen LogP contribution in [0, 0.1) is 6.92 Å². The summed E-state index contributed by atoms with van der Waals surface area (Å²) in [4.78, 5) is 4.53. The predicted molar refractivity (Wildman–Crippen MR) is 81.9 cm³/mol. The third kappa shape index (κ3) is 2.03. The fourth-order valence-electron chi connectivity index (χ4n) is 2.50. The number of furan rings is 1. The lowest BCUT2D eigenvalue weighted by molar-refractivity contribution is 0.582. The summed E-state index contributed by atoms with van der Waals surface area (Å²) in [6, 6.07) is 17.8. The van der Waals surface area contributed by atoms with Crippen LogP contribution in [0.4, 0.5) is 0 Å². The molecular formula is C18H13NO2. The van der Waals surface area contributed by atoms with E-state index in [2.05, 4.69) is 18.0 Å². The number of rotatable bonds is 2. The van der Waals surface area contributed by atoms with E-state index in [0.29, 0.717) is 5.89 Å². The molecule has 3 heteroatoms. The third-order valence-corrected chi connectivity index (χ3v) is 3.55. The Labute approximate surface area is 121 Å². The van der Waals surface area contributed by atoms with E-state index in [1.165, 1.54) is 0 Å². The summed E-state index contributed by atoms with van der Waals surface area (Å²) in [5.74, 6) is 1.52. The van der Waals surface area contributed by atoms with E-state index in [4.69, 9.17) is 8.83 Å². The van der Waals surface area contributed by atoms with Crippen molar-refractivity contribution in [2.24, 2.45) is 0 Å². The molecule has 0 aliphatic heterocycles. The Bertz CT molecular complexity index is 871. The van der Waals surface area contributed by atoms with E-state index in [1.54, 1.807) is 6.26 Å². The number of nitrogens with zero attached hydrogens (tertiary/aromatic N) is 1.